The Balaban J connectivity index is 1.69. The summed E-state index contributed by atoms with van der Waals surface area (Å²) < 4.78 is 5.25. The topological polar surface area (TPSA) is 41.6 Å². The number of carbonyl (C=O) groups is 1. The lowest BCUT2D eigenvalue weighted by atomic mass is 10.1. The molecule has 0 saturated carbocycles. The van der Waals surface area contributed by atoms with Crippen LogP contribution in [0.5, 0.6) is 5.75 Å². The molecule has 1 unspecified atom stereocenters. The Morgan fingerprint density at radius 2 is 1.83 bits per heavy atom. The third kappa shape index (κ3) is 6.44. The zero-order valence-corrected chi connectivity index (χ0v) is 18.0. The number of anilines is 1. The first-order valence-corrected chi connectivity index (χ1v) is 10.7. The second kappa shape index (κ2) is 10.2. The van der Waals surface area contributed by atoms with Gasteiger partial charge in [0.2, 0.25) is 5.91 Å². The van der Waals surface area contributed by atoms with E-state index in [4.69, 9.17) is 4.74 Å². The minimum atomic E-state index is 0.000365. The molecule has 5 heteroatoms. The maximum atomic E-state index is 12.7. The molecule has 1 N–H and O–H groups in total. The molecule has 1 heterocycles. The van der Waals surface area contributed by atoms with Gasteiger partial charge < -0.3 is 10.1 Å². The van der Waals surface area contributed by atoms with E-state index in [2.05, 4.69) is 46.8 Å². The van der Waals surface area contributed by atoms with Gasteiger partial charge in [0.15, 0.2) is 0 Å². The molecule has 0 saturated heterocycles. The highest BCUT2D eigenvalue weighted by Gasteiger charge is 2.19. The Bertz CT molecular complexity index is 890. The van der Waals surface area contributed by atoms with Crippen molar-refractivity contribution in [1.29, 1.82) is 0 Å². The molecule has 0 bridgehead atoms. The summed E-state index contributed by atoms with van der Waals surface area (Å²) in [5.74, 6) is 0.837. The monoisotopic (exact) mass is 408 g/mol. The summed E-state index contributed by atoms with van der Waals surface area (Å²) in [4.78, 5) is 16.3. The van der Waals surface area contributed by atoms with E-state index in [1.165, 1.54) is 10.4 Å². The van der Waals surface area contributed by atoms with Crippen molar-refractivity contribution in [1.82, 2.24) is 4.90 Å². The molecule has 1 amide bonds. The zero-order chi connectivity index (χ0) is 20.6. The minimum absolute atomic E-state index is 0.000365. The molecule has 0 radical (unpaired) electrons. The first kappa shape index (κ1) is 21.1. The van der Waals surface area contributed by atoms with E-state index >= 15 is 0 Å². The summed E-state index contributed by atoms with van der Waals surface area (Å²) >= 11 is 1.76. The lowest BCUT2D eigenvalue weighted by molar-refractivity contribution is -0.118. The largest absolute Gasteiger partial charge is 0.497 e. The number of ether oxygens (including phenoxy) is 1. The quantitative estimate of drug-likeness (QED) is 0.533. The van der Waals surface area contributed by atoms with E-state index in [1.54, 1.807) is 18.4 Å². The molecule has 0 fully saturated rings. The molecule has 3 rings (SSSR count). The van der Waals surface area contributed by atoms with Crippen LogP contribution in [0.15, 0.2) is 66.0 Å². The van der Waals surface area contributed by atoms with Crippen molar-refractivity contribution < 1.29 is 9.53 Å². The van der Waals surface area contributed by atoms with Crippen LogP contribution in [0, 0.1) is 6.92 Å². The highest BCUT2D eigenvalue weighted by atomic mass is 32.1. The molecule has 4 nitrogen and oxygen atoms in total. The number of nitrogens with zero attached hydrogens (tertiary/aromatic N) is 1. The molecular weight excluding hydrogens is 380 g/mol. The standard InChI is InChI=1S/C24H28N2O2S/c1-18-6-10-21(11-7-18)25-24(27)17-26(19(2)15-23-5-4-14-29-23)16-20-8-12-22(28-3)13-9-20/h4-14,19H,15-17H2,1-3H3,(H,25,27). The highest BCUT2D eigenvalue weighted by Crippen LogP contribution is 2.18. The van der Waals surface area contributed by atoms with Gasteiger partial charge in [0.05, 0.1) is 13.7 Å². The molecule has 2 aromatic carbocycles. The maximum absolute atomic E-state index is 12.7. The molecule has 1 aromatic heterocycles. The number of hydrogen-bond acceptors (Lipinski definition) is 4. The van der Waals surface area contributed by atoms with Gasteiger partial charge in [0.1, 0.15) is 5.75 Å². The summed E-state index contributed by atoms with van der Waals surface area (Å²) in [6.07, 6.45) is 0.922. The number of thiophene rings is 1. The van der Waals surface area contributed by atoms with Gasteiger partial charge in [-0.1, -0.05) is 35.9 Å². The van der Waals surface area contributed by atoms with Gasteiger partial charge >= 0.3 is 0 Å². The van der Waals surface area contributed by atoms with E-state index in [1.807, 2.05) is 43.3 Å². The Morgan fingerprint density at radius 1 is 1.10 bits per heavy atom. The van der Waals surface area contributed by atoms with Gasteiger partial charge in [0, 0.05) is 23.2 Å². The van der Waals surface area contributed by atoms with Crippen molar-refractivity contribution >= 4 is 22.9 Å². The number of benzene rings is 2. The van der Waals surface area contributed by atoms with Crippen LogP contribution in [-0.2, 0) is 17.8 Å². The van der Waals surface area contributed by atoms with Crippen LogP contribution in [0.1, 0.15) is 22.9 Å². The van der Waals surface area contributed by atoms with Crippen LogP contribution in [0.3, 0.4) is 0 Å². The van der Waals surface area contributed by atoms with Crippen molar-refractivity contribution in [2.24, 2.45) is 0 Å². The number of nitrogens with one attached hydrogen (secondary N) is 1. The number of rotatable bonds is 9. The maximum Gasteiger partial charge on any atom is 0.238 e. The normalized spacial score (nSPS) is 12.0. The van der Waals surface area contributed by atoms with Crippen molar-refractivity contribution in [2.45, 2.75) is 32.9 Å². The molecular formula is C24H28N2O2S. The van der Waals surface area contributed by atoms with E-state index < -0.39 is 0 Å². The van der Waals surface area contributed by atoms with Crippen molar-refractivity contribution in [3.8, 4) is 5.75 Å². The van der Waals surface area contributed by atoms with Crippen LogP contribution in [0.25, 0.3) is 0 Å². The molecule has 1 atom stereocenters. The van der Waals surface area contributed by atoms with E-state index in [0.29, 0.717) is 13.1 Å². The molecule has 0 aliphatic carbocycles. The second-order valence-corrected chi connectivity index (χ2v) is 8.33. The number of hydrogen-bond donors (Lipinski definition) is 1. The molecule has 0 aliphatic rings. The summed E-state index contributed by atoms with van der Waals surface area (Å²) in [7, 11) is 1.67. The Labute approximate surface area is 177 Å². The predicted octanol–water partition coefficient (Wildman–Crippen LogP) is 5.14. The molecule has 0 spiro atoms. The van der Waals surface area contributed by atoms with Crippen LogP contribution in [0.4, 0.5) is 5.69 Å². The second-order valence-electron chi connectivity index (χ2n) is 7.30. The smallest absolute Gasteiger partial charge is 0.238 e. The molecule has 3 aromatic rings. The number of methoxy groups -OCH3 is 1. The highest BCUT2D eigenvalue weighted by molar-refractivity contribution is 7.09. The predicted molar refractivity (Wildman–Crippen MR) is 121 cm³/mol. The Hall–Kier alpha value is -2.63. The third-order valence-corrected chi connectivity index (χ3v) is 5.83. The van der Waals surface area contributed by atoms with Crippen LogP contribution in [-0.4, -0.2) is 30.5 Å². The van der Waals surface area contributed by atoms with Gasteiger partial charge in [0.25, 0.3) is 0 Å². The fourth-order valence-electron chi connectivity index (χ4n) is 3.20. The molecule has 29 heavy (non-hydrogen) atoms. The van der Waals surface area contributed by atoms with Crippen LogP contribution < -0.4 is 10.1 Å². The average Bonchev–Trinajstić information content (AvgIpc) is 3.23. The Kier molecular flexibility index (Phi) is 7.44. The molecule has 0 aliphatic heterocycles. The number of aryl methyl sites for hydroxylation is 1. The summed E-state index contributed by atoms with van der Waals surface area (Å²) in [5.41, 5.74) is 3.16. The zero-order valence-electron chi connectivity index (χ0n) is 17.2. The Morgan fingerprint density at radius 3 is 2.45 bits per heavy atom. The van der Waals surface area contributed by atoms with Crippen LogP contribution in [0.2, 0.25) is 0 Å². The van der Waals surface area contributed by atoms with Gasteiger partial charge in [-0.3, -0.25) is 9.69 Å². The fraction of sp³-hybridized carbons (Fsp3) is 0.292. The minimum Gasteiger partial charge on any atom is -0.497 e. The number of carbonyl (C=O) groups excluding carboxylic acids is 1. The summed E-state index contributed by atoms with van der Waals surface area (Å²) in [6.45, 7) is 5.27. The lowest BCUT2D eigenvalue weighted by Crippen LogP contribution is -2.40. The summed E-state index contributed by atoms with van der Waals surface area (Å²) in [6, 6.07) is 20.4. The van der Waals surface area contributed by atoms with Gasteiger partial charge in [-0.2, -0.15) is 0 Å². The van der Waals surface area contributed by atoms with E-state index in [0.717, 1.165) is 23.4 Å². The van der Waals surface area contributed by atoms with Gasteiger partial charge in [-0.05, 0) is 61.5 Å². The van der Waals surface area contributed by atoms with Gasteiger partial charge in [-0.15, -0.1) is 11.3 Å². The van der Waals surface area contributed by atoms with Gasteiger partial charge in [-0.25, -0.2) is 0 Å². The van der Waals surface area contributed by atoms with Crippen LogP contribution >= 0.6 is 11.3 Å². The van der Waals surface area contributed by atoms with E-state index in [9.17, 15) is 4.79 Å². The summed E-state index contributed by atoms with van der Waals surface area (Å²) in [5, 5.41) is 5.12. The first-order chi connectivity index (χ1) is 14.0. The van der Waals surface area contributed by atoms with E-state index in [-0.39, 0.29) is 11.9 Å². The lowest BCUT2D eigenvalue weighted by Gasteiger charge is -2.28. The first-order valence-electron chi connectivity index (χ1n) is 9.79. The SMILES string of the molecule is COc1ccc(CN(CC(=O)Nc2ccc(C)cc2)C(C)Cc2cccs2)cc1. The number of amides is 1. The fourth-order valence-corrected chi connectivity index (χ4v) is 4.03. The average molecular weight is 409 g/mol. The van der Waals surface area contributed by atoms with Crippen molar-refractivity contribution in [2.75, 3.05) is 19.0 Å². The third-order valence-electron chi connectivity index (χ3n) is 4.93. The molecule has 152 valence electrons. The van der Waals surface area contributed by atoms with Crippen molar-refractivity contribution in [3.05, 3.63) is 82.0 Å². The van der Waals surface area contributed by atoms with Crippen molar-refractivity contribution in [3.63, 3.8) is 0 Å².